The average molecular weight is 357 g/mol. The fourth-order valence-corrected chi connectivity index (χ4v) is 7.98. The molecule has 0 fully saturated rings. The van der Waals surface area contributed by atoms with Crippen molar-refractivity contribution in [1.82, 2.24) is 0 Å². The Morgan fingerprint density at radius 2 is 1.08 bits per heavy atom. The monoisotopic (exact) mass is 357 g/mol. The summed E-state index contributed by atoms with van der Waals surface area (Å²) in [6.45, 7) is 0. The molecule has 0 radical (unpaired) electrons. The summed E-state index contributed by atoms with van der Waals surface area (Å²) in [5.74, 6) is 0. The van der Waals surface area contributed by atoms with Crippen molar-refractivity contribution in [3.05, 3.63) is 48.5 Å². The molecule has 0 spiro atoms. The van der Waals surface area contributed by atoms with Crippen molar-refractivity contribution >= 4 is 30.5 Å². The van der Waals surface area contributed by atoms with Crippen LogP contribution >= 0.6 is 0 Å². The third-order valence-corrected chi connectivity index (χ3v) is 8.86. The van der Waals surface area contributed by atoms with Crippen LogP contribution in [0.1, 0.15) is 0 Å². The summed E-state index contributed by atoms with van der Waals surface area (Å²) in [6, 6.07) is 17.8. The molecule has 1 aliphatic rings. The fourth-order valence-electron chi connectivity index (χ4n) is 1.90. The quantitative estimate of drug-likeness (QED) is 0.533. The van der Waals surface area contributed by atoms with Crippen LogP contribution in [0.3, 0.4) is 0 Å². The van der Waals surface area contributed by atoms with E-state index in [0.717, 1.165) is 0 Å². The van der Waals surface area contributed by atoms with Crippen LogP contribution in [-0.4, -0.2) is 24.2 Å². The maximum absolute atomic E-state index is 2.31. The number of hydrogen-bond donors (Lipinski definition) is 0. The topological polar surface area (TPSA) is 0 Å². The van der Waals surface area contributed by atoms with Crippen molar-refractivity contribution in [2.24, 2.45) is 0 Å². The second-order valence-electron chi connectivity index (χ2n) is 3.32. The van der Waals surface area contributed by atoms with E-state index in [-0.39, 0.29) is 0 Å². The van der Waals surface area contributed by atoms with Crippen LogP contribution in [0.2, 0.25) is 0 Å². The van der Waals surface area contributed by atoms with E-state index in [2.05, 4.69) is 48.5 Å². The predicted octanol–water partition coefficient (Wildman–Crippen LogP) is 1.32. The molecule has 59 valence electrons. The van der Waals surface area contributed by atoms with Gasteiger partial charge in [-0.3, -0.25) is 0 Å². The Labute approximate surface area is 89.8 Å². The van der Waals surface area contributed by atoms with E-state index in [0.29, 0.717) is 0 Å². The van der Waals surface area contributed by atoms with Crippen LogP contribution in [0.4, 0.5) is 0 Å². The summed E-state index contributed by atoms with van der Waals surface area (Å²) < 4.78 is 3.34. The van der Waals surface area contributed by atoms with E-state index in [1.54, 1.807) is 6.25 Å². The summed E-state index contributed by atoms with van der Waals surface area (Å²) in [5, 5.41) is 0. The van der Waals surface area contributed by atoms with Gasteiger partial charge >= 0.3 is 90.1 Å². The van der Waals surface area contributed by atoms with E-state index >= 15 is 0 Å². The van der Waals surface area contributed by atoms with E-state index in [4.69, 9.17) is 0 Å². The van der Waals surface area contributed by atoms with Gasteiger partial charge in [-0.25, -0.2) is 0 Å². The molecule has 0 aliphatic carbocycles. The zero-order chi connectivity index (χ0) is 8.67. The third-order valence-electron chi connectivity index (χ3n) is 2.52. The van der Waals surface area contributed by atoms with Crippen molar-refractivity contribution in [2.45, 2.75) is 0 Å². The van der Waals surface area contributed by atoms with Gasteiger partial charge < -0.3 is 0 Å². The summed E-state index contributed by atoms with van der Waals surface area (Å²) in [6.07, 6.45) is 0. The Hall–Kier alpha value is -0.638. The fraction of sp³-hybridized carbons (Fsp3) is 0. The molecule has 2 aromatic rings. The molecular formula is C12H8Tl. The van der Waals surface area contributed by atoms with Gasteiger partial charge in [-0.2, -0.15) is 0 Å². The van der Waals surface area contributed by atoms with Crippen LogP contribution < -0.4 is 6.25 Å². The Morgan fingerprint density at radius 3 is 1.62 bits per heavy atom. The standard InChI is InChI=1S/C12H8.Tl/c1-3-7-11(8-4-1)12-9-5-2-6-10-12;/h1-7,9H;. The van der Waals surface area contributed by atoms with Crippen molar-refractivity contribution in [3.8, 4) is 11.1 Å². The first-order valence-electron chi connectivity index (χ1n) is 4.48. The van der Waals surface area contributed by atoms with Gasteiger partial charge in [0.05, 0.1) is 0 Å². The van der Waals surface area contributed by atoms with Crippen LogP contribution in [0.15, 0.2) is 48.5 Å². The van der Waals surface area contributed by atoms with Crippen molar-refractivity contribution in [2.75, 3.05) is 0 Å². The van der Waals surface area contributed by atoms with Crippen LogP contribution in [0.25, 0.3) is 11.1 Å². The van der Waals surface area contributed by atoms with E-state index in [1.165, 1.54) is 11.1 Å². The maximum atomic E-state index is 2.31. The first-order valence-corrected chi connectivity index (χ1v) is 8.97. The van der Waals surface area contributed by atoms with Gasteiger partial charge in [0.25, 0.3) is 0 Å². The predicted molar refractivity (Wildman–Crippen MR) is 56.9 cm³/mol. The van der Waals surface area contributed by atoms with Gasteiger partial charge in [0, 0.05) is 0 Å². The molecule has 0 nitrogen and oxygen atoms in total. The minimum absolute atomic E-state index is 0.792. The Kier molecular flexibility index (Phi) is 1.75. The van der Waals surface area contributed by atoms with Crippen molar-refractivity contribution in [1.29, 1.82) is 0 Å². The molecule has 3 rings (SSSR count). The molecule has 0 amide bonds. The van der Waals surface area contributed by atoms with Crippen molar-refractivity contribution < 1.29 is 0 Å². The van der Waals surface area contributed by atoms with Gasteiger partial charge in [0.1, 0.15) is 0 Å². The summed E-state index contributed by atoms with van der Waals surface area (Å²) in [7, 11) is 0. The molecule has 0 saturated heterocycles. The molecular weight excluding hydrogens is 349 g/mol. The SMILES string of the molecule is c1ccc2[c](c1)[Tl][c]1ccccc1-2. The summed E-state index contributed by atoms with van der Waals surface area (Å²) >= 11 is -0.792. The molecule has 1 aliphatic heterocycles. The van der Waals surface area contributed by atoms with Crippen molar-refractivity contribution in [3.63, 3.8) is 0 Å². The zero-order valence-corrected chi connectivity index (χ0v) is 11.7. The third kappa shape index (κ3) is 1.16. The normalized spacial score (nSPS) is 11.1. The second-order valence-corrected chi connectivity index (χ2v) is 9.28. The molecule has 13 heavy (non-hydrogen) atoms. The molecule has 1 heteroatoms. The van der Waals surface area contributed by atoms with Gasteiger partial charge in [-0.15, -0.1) is 0 Å². The molecule has 1 heterocycles. The minimum atomic E-state index is -0.792. The zero-order valence-electron chi connectivity index (χ0n) is 7.20. The molecule has 0 saturated carbocycles. The Balaban J connectivity index is 2.32. The second kappa shape index (κ2) is 2.94. The number of benzene rings is 2. The first-order chi connectivity index (χ1) is 6.45. The average Bonchev–Trinajstić information content (AvgIpc) is 2.56. The van der Waals surface area contributed by atoms with Gasteiger partial charge in [-0.05, 0) is 0 Å². The van der Waals surface area contributed by atoms with Gasteiger partial charge in [-0.1, -0.05) is 0 Å². The summed E-state index contributed by atoms with van der Waals surface area (Å²) in [5.41, 5.74) is 3.02. The van der Waals surface area contributed by atoms with E-state index in [9.17, 15) is 0 Å². The van der Waals surface area contributed by atoms with Crippen LogP contribution in [-0.2, 0) is 0 Å². The molecule has 0 N–H and O–H groups in total. The Bertz CT molecular complexity index is 417. The number of rotatable bonds is 0. The first kappa shape index (κ1) is 7.74. The van der Waals surface area contributed by atoms with Crippen LogP contribution in [0.5, 0.6) is 0 Å². The van der Waals surface area contributed by atoms with E-state index in [1.807, 2.05) is 0 Å². The van der Waals surface area contributed by atoms with Crippen LogP contribution in [0, 0.1) is 0 Å². The van der Waals surface area contributed by atoms with Gasteiger partial charge in [0.2, 0.25) is 0 Å². The molecule has 0 bridgehead atoms. The molecule has 0 unspecified atom stereocenters. The molecule has 2 aromatic carbocycles. The van der Waals surface area contributed by atoms with Gasteiger partial charge in [0.15, 0.2) is 0 Å². The van der Waals surface area contributed by atoms with E-state index < -0.39 is 24.2 Å². The Morgan fingerprint density at radius 1 is 0.615 bits per heavy atom. The molecule has 0 atom stereocenters. The number of hydrogen-bond acceptors (Lipinski definition) is 0. The number of fused-ring (bicyclic) bond motifs is 3. The summed E-state index contributed by atoms with van der Waals surface area (Å²) in [4.78, 5) is 0. The molecule has 0 aromatic heterocycles.